The van der Waals surface area contributed by atoms with Crippen molar-refractivity contribution in [2.24, 2.45) is 0 Å². The molecular formula is C14H16. The lowest BCUT2D eigenvalue weighted by atomic mass is 9.98. The van der Waals surface area contributed by atoms with Gasteiger partial charge in [0.1, 0.15) is 0 Å². The predicted molar refractivity (Wildman–Crippen MR) is 60.5 cm³/mol. The van der Waals surface area contributed by atoms with Crippen LogP contribution in [0.4, 0.5) is 0 Å². The first kappa shape index (κ1) is 8.28. The highest BCUT2D eigenvalue weighted by Gasteiger charge is 2.28. The first-order valence-electron chi connectivity index (χ1n) is 5.65. The zero-order chi connectivity index (χ0) is 9.54. The van der Waals surface area contributed by atoms with Crippen LogP contribution in [0.2, 0.25) is 0 Å². The maximum absolute atomic E-state index is 3.92. The van der Waals surface area contributed by atoms with E-state index in [1.54, 1.807) is 0 Å². The molecule has 0 bridgehead atoms. The molecule has 0 heteroatoms. The van der Waals surface area contributed by atoms with Gasteiger partial charge in [-0.05, 0) is 54.2 Å². The molecule has 0 unspecified atom stereocenters. The molecule has 0 radical (unpaired) electrons. The van der Waals surface area contributed by atoms with Crippen LogP contribution in [-0.4, -0.2) is 0 Å². The van der Waals surface area contributed by atoms with Crippen LogP contribution in [0.15, 0.2) is 24.8 Å². The minimum absolute atomic E-state index is 0.844. The van der Waals surface area contributed by atoms with Crippen LogP contribution in [0.3, 0.4) is 0 Å². The predicted octanol–water partition coefficient (Wildman–Crippen LogP) is 4.08. The van der Waals surface area contributed by atoms with E-state index < -0.39 is 0 Å². The van der Waals surface area contributed by atoms with Gasteiger partial charge < -0.3 is 0 Å². The van der Waals surface area contributed by atoms with Gasteiger partial charge in [-0.15, -0.1) is 0 Å². The normalized spacial score (nSPS) is 20.9. The lowest BCUT2D eigenvalue weighted by Crippen LogP contribution is -1.88. The summed E-state index contributed by atoms with van der Waals surface area (Å²) in [6.07, 6.45) is 7.56. The van der Waals surface area contributed by atoms with Crippen molar-refractivity contribution in [2.75, 3.05) is 0 Å². The summed E-state index contributed by atoms with van der Waals surface area (Å²) in [6, 6.07) is 7.03. The Morgan fingerprint density at radius 1 is 1.07 bits per heavy atom. The summed E-state index contributed by atoms with van der Waals surface area (Å²) in [5.74, 6) is 1.71. The molecule has 1 aromatic rings. The topological polar surface area (TPSA) is 0 Å². The van der Waals surface area contributed by atoms with Crippen molar-refractivity contribution in [3.63, 3.8) is 0 Å². The Balaban J connectivity index is 2.00. The Labute approximate surface area is 85.6 Å². The Kier molecular flexibility index (Phi) is 1.76. The molecule has 0 aromatic heterocycles. The first-order chi connectivity index (χ1) is 6.88. The summed E-state index contributed by atoms with van der Waals surface area (Å²) in [7, 11) is 0. The van der Waals surface area contributed by atoms with Gasteiger partial charge in [0.2, 0.25) is 0 Å². The zero-order valence-corrected chi connectivity index (χ0v) is 8.50. The van der Waals surface area contributed by atoms with Crippen LogP contribution in [0, 0.1) is 0 Å². The summed E-state index contributed by atoms with van der Waals surface area (Å²) in [5, 5.41) is 0. The second kappa shape index (κ2) is 2.98. The summed E-state index contributed by atoms with van der Waals surface area (Å²) < 4.78 is 0. The number of hydrogen-bond donors (Lipinski definition) is 0. The van der Waals surface area contributed by atoms with Crippen LogP contribution >= 0.6 is 0 Å². The highest BCUT2D eigenvalue weighted by Crippen LogP contribution is 2.45. The van der Waals surface area contributed by atoms with Gasteiger partial charge >= 0.3 is 0 Å². The third-order valence-electron chi connectivity index (χ3n) is 3.40. The van der Waals surface area contributed by atoms with Crippen molar-refractivity contribution in [1.29, 1.82) is 0 Å². The SMILES string of the molecule is C=Cc1cc(C2CC2)ccc1C1CC1. The van der Waals surface area contributed by atoms with Crippen molar-refractivity contribution >= 4 is 6.08 Å². The second-order valence-corrected chi connectivity index (χ2v) is 4.64. The molecule has 2 aliphatic carbocycles. The zero-order valence-electron chi connectivity index (χ0n) is 8.50. The maximum Gasteiger partial charge on any atom is -0.0156 e. The number of benzene rings is 1. The van der Waals surface area contributed by atoms with E-state index in [4.69, 9.17) is 0 Å². The smallest absolute Gasteiger partial charge is 0.0156 e. The third-order valence-corrected chi connectivity index (χ3v) is 3.40. The summed E-state index contributed by atoms with van der Waals surface area (Å²) in [4.78, 5) is 0. The standard InChI is InChI=1S/C14H16/c1-2-10-9-13(11-3-4-11)7-8-14(10)12-5-6-12/h2,7-9,11-12H,1,3-6H2. The molecule has 0 atom stereocenters. The maximum atomic E-state index is 3.92. The molecule has 2 fully saturated rings. The summed E-state index contributed by atoms with van der Waals surface area (Å²) in [6.45, 7) is 3.92. The van der Waals surface area contributed by atoms with Gasteiger partial charge in [0.25, 0.3) is 0 Å². The van der Waals surface area contributed by atoms with E-state index in [0.717, 1.165) is 11.8 Å². The van der Waals surface area contributed by atoms with Gasteiger partial charge in [0.05, 0.1) is 0 Å². The van der Waals surface area contributed by atoms with Crippen molar-refractivity contribution < 1.29 is 0 Å². The Bertz CT molecular complexity index is 368. The van der Waals surface area contributed by atoms with Gasteiger partial charge in [0.15, 0.2) is 0 Å². The lowest BCUT2D eigenvalue weighted by molar-refractivity contribution is 1.08. The van der Waals surface area contributed by atoms with E-state index >= 15 is 0 Å². The van der Waals surface area contributed by atoms with E-state index in [2.05, 4.69) is 24.8 Å². The van der Waals surface area contributed by atoms with Crippen LogP contribution in [0.25, 0.3) is 6.08 Å². The van der Waals surface area contributed by atoms with Crippen LogP contribution in [0.1, 0.15) is 54.2 Å². The minimum atomic E-state index is 0.844. The van der Waals surface area contributed by atoms with Gasteiger partial charge in [0, 0.05) is 0 Å². The van der Waals surface area contributed by atoms with E-state index in [0.29, 0.717) is 0 Å². The molecule has 0 N–H and O–H groups in total. The summed E-state index contributed by atoms with van der Waals surface area (Å²) >= 11 is 0. The molecule has 0 saturated heterocycles. The molecule has 2 aliphatic rings. The fraction of sp³-hybridized carbons (Fsp3) is 0.429. The fourth-order valence-electron chi connectivity index (χ4n) is 2.21. The van der Waals surface area contributed by atoms with E-state index in [1.165, 1.54) is 42.4 Å². The Hall–Kier alpha value is -1.04. The average Bonchev–Trinajstić information content (AvgIpc) is 3.04. The molecule has 0 nitrogen and oxygen atoms in total. The van der Waals surface area contributed by atoms with Gasteiger partial charge in [-0.2, -0.15) is 0 Å². The highest BCUT2D eigenvalue weighted by molar-refractivity contribution is 5.56. The number of rotatable bonds is 3. The molecule has 1 aromatic carbocycles. The van der Waals surface area contributed by atoms with E-state index in [1.807, 2.05) is 6.08 Å². The Morgan fingerprint density at radius 3 is 2.36 bits per heavy atom. The number of hydrogen-bond acceptors (Lipinski definition) is 0. The molecule has 72 valence electrons. The van der Waals surface area contributed by atoms with Crippen LogP contribution in [0.5, 0.6) is 0 Å². The van der Waals surface area contributed by atoms with Crippen LogP contribution in [-0.2, 0) is 0 Å². The molecule has 0 heterocycles. The van der Waals surface area contributed by atoms with Crippen LogP contribution < -0.4 is 0 Å². The van der Waals surface area contributed by atoms with Crippen molar-refractivity contribution in [2.45, 2.75) is 37.5 Å². The highest BCUT2D eigenvalue weighted by atomic mass is 14.3. The Morgan fingerprint density at radius 2 is 1.79 bits per heavy atom. The first-order valence-corrected chi connectivity index (χ1v) is 5.65. The minimum Gasteiger partial charge on any atom is -0.0985 e. The molecular weight excluding hydrogens is 168 g/mol. The van der Waals surface area contributed by atoms with E-state index in [9.17, 15) is 0 Å². The molecule has 3 rings (SSSR count). The molecule has 0 spiro atoms. The van der Waals surface area contributed by atoms with Gasteiger partial charge in [-0.25, -0.2) is 0 Å². The van der Waals surface area contributed by atoms with Gasteiger partial charge in [-0.3, -0.25) is 0 Å². The van der Waals surface area contributed by atoms with Crippen molar-refractivity contribution in [1.82, 2.24) is 0 Å². The van der Waals surface area contributed by atoms with E-state index in [-0.39, 0.29) is 0 Å². The fourth-order valence-corrected chi connectivity index (χ4v) is 2.21. The molecule has 0 aliphatic heterocycles. The molecule has 14 heavy (non-hydrogen) atoms. The van der Waals surface area contributed by atoms with Crippen molar-refractivity contribution in [3.8, 4) is 0 Å². The quantitative estimate of drug-likeness (QED) is 0.664. The lowest BCUT2D eigenvalue weighted by Gasteiger charge is -2.07. The third kappa shape index (κ3) is 1.39. The van der Waals surface area contributed by atoms with Crippen molar-refractivity contribution in [3.05, 3.63) is 41.5 Å². The van der Waals surface area contributed by atoms with Gasteiger partial charge in [-0.1, -0.05) is 30.9 Å². The summed E-state index contributed by atoms with van der Waals surface area (Å²) in [5.41, 5.74) is 4.45. The molecule has 2 saturated carbocycles. The average molecular weight is 184 g/mol. The largest absolute Gasteiger partial charge is 0.0985 e. The second-order valence-electron chi connectivity index (χ2n) is 4.64. The molecule has 0 amide bonds. The monoisotopic (exact) mass is 184 g/mol.